The molecule has 144 valence electrons. The predicted octanol–water partition coefficient (Wildman–Crippen LogP) is 1.23. The molecule has 3 heterocycles. The van der Waals surface area contributed by atoms with Crippen LogP contribution >= 0.6 is 0 Å². The number of aromatic nitrogens is 4. The monoisotopic (exact) mass is 389 g/mol. The van der Waals surface area contributed by atoms with E-state index in [0.717, 1.165) is 37.3 Å². The van der Waals surface area contributed by atoms with Gasteiger partial charge >= 0.3 is 5.69 Å². The number of hydrogen-bond donors (Lipinski definition) is 0. The van der Waals surface area contributed by atoms with Crippen molar-refractivity contribution in [2.24, 2.45) is 14.1 Å². The molecular weight excluding hydrogens is 366 g/mol. The molecule has 0 fully saturated rings. The first kappa shape index (κ1) is 18.0. The van der Waals surface area contributed by atoms with Crippen molar-refractivity contribution < 1.29 is 8.42 Å². The minimum atomic E-state index is -3.69. The Hall–Kier alpha value is -2.39. The second kappa shape index (κ2) is 6.35. The summed E-state index contributed by atoms with van der Waals surface area (Å²) in [5, 5.41) is 0. The van der Waals surface area contributed by atoms with Crippen LogP contribution in [0.25, 0.3) is 11.0 Å². The van der Waals surface area contributed by atoms with Crippen molar-refractivity contribution in [3.63, 3.8) is 0 Å². The molecule has 1 aromatic carbocycles. The zero-order valence-corrected chi connectivity index (χ0v) is 16.5. The highest BCUT2D eigenvalue weighted by atomic mass is 32.2. The van der Waals surface area contributed by atoms with Crippen LogP contribution in [0.2, 0.25) is 0 Å². The first-order valence-electron chi connectivity index (χ1n) is 8.96. The van der Waals surface area contributed by atoms with Gasteiger partial charge in [-0.2, -0.15) is 4.31 Å². The Balaban J connectivity index is 1.66. The van der Waals surface area contributed by atoms with Crippen molar-refractivity contribution in [1.82, 2.24) is 23.0 Å². The van der Waals surface area contributed by atoms with Crippen LogP contribution in [-0.4, -0.2) is 38.5 Å². The first-order chi connectivity index (χ1) is 12.8. The Morgan fingerprint density at radius 3 is 2.63 bits per heavy atom. The summed E-state index contributed by atoms with van der Waals surface area (Å²) in [5.74, 6) is 1.03. The van der Waals surface area contributed by atoms with Crippen LogP contribution in [0, 0.1) is 0 Å². The number of sulfonamides is 1. The molecule has 27 heavy (non-hydrogen) atoms. The molecule has 0 radical (unpaired) electrons. The van der Waals surface area contributed by atoms with Gasteiger partial charge in [0, 0.05) is 40.3 Å². The molecule has 4 rings (SSSR count). The molecule has 0 bridgehead atoms. The Bertz CT molecular complexity index is 1160. The van der Waals surface area contributed by atoms with Crippen molar-refractivity contribution >= 4 is 21.1 Å². The van der Waals surface area contributed by atoms with Crippen LogP contribution in [0.5, 0.6) is 0 Å². The maximum absolute atomic E-state index is 13.0. The second-order valence-corrected chi connectivity index (χ2v) is 9.16. The van der Waals surface area contributed by atoms with Gasteiger partial charge in [-0.3, -0.25) is 9.13 Å². The lowest BCUT2D eigenvalue weighted by Crippen LogP contribution is -2.26. The van der Waals surface area contributed by atoms with Crippen LogP contribution in [0.1, 0.15) is 24.4 Å². The average molecular weight is 389 g/mol. The molecule has 2 aromatic heterocycles. The van der Waals surface area contributed by atoms with E-state index in [1.54, 1.807) is 39.3 Å². The highest BCUT2D eigenvalue weighted by molar-refractivity contribution is 7.89. The number of nitrogens with zero attached hydrogens (tertiary/aromatic N) is 5. The van der Waals surface area contributed by atoms with Crippen LogP contribution in [-0.2, 0) is 43.6 Å². The van der Waals surface area contributed by atoms with Crippen LogP contribution in [0.4, 0.5) is 0 Å². The SMILES string of the molecule is CN(Cc1cn2c(n1)CCCC2)S(=O)(=O)c1ccc2c(c1)n(C)c(=O)n2C. The maximum atomic E-state index is 13.0. The highest BCUT2D eigenvalue weighted by Gasteiger charge is 2.24. The largest absolute Gasteiger partial charge is 0.335 e. The van der Waals surface area contributed by atoms with Crippen LogP contribution < -0.4 is 5.69 Å². The van der Waals surface area contributed by atoms with Gasteiger partial charge in [0.1, 0.15) is 5.82 Å². The molecule has 0 atom stereocenters. The van der Waals surface area contributed by atoms with E-state index in [4.69, 9.17) is 0 Å². The predicted molar refractivity (Wildman–Crippen MR) is 102 cm³/mol. The van der Waals surface area contributed by atoms with Crippen LogP contribution in [0.3, 0.4) is 0 Å². The topological polar surface area (TPSA) is 82.1 Å². The second-order valence-electron chi connectivity index (χ2n) is 7.11. The fourth-order valence-corrected chi connectivity index (χ4v) is 4.85. The fraction of sp³-hybridized carbons (Fsp3) is 0.444. The summed E-state index contributed by atoms with van der Waals surface area (Å²) in [6, 6.07) is 4.78. The van der Waals surface area contributed by atoms with Gasteiger partial charge in [-0.1, -0.05) is 0 Å². The van der Waals surface area contributed by atoms with E-state index >= 15 is 0 Å². The lowest BCUT2D eigenvalue weighted by Gasteiger charge is -2.16. The molecule has 8 nitrogen and oxygen atoms in total. The number of hydrogen-bond acceptors (Lipinski definition) is 4. The average Bonchev–Trinajstić information content (AvgIpc) is 3.16. The molecule has 0 unspecified atom stereocenters. The Kier molecular flexibility index (Phi) is 4.23. The standard InChI is InChI=1S/C18H23N5O3S/c1-20(11-13-12-23-9-5-4-6-17(23)19-13)27(25,26)14-7-8-15-16(10-14)22(3)18(24)21(15)2/h7-8,10,12H,4-6,9,11H2,1-3H3. The number of fused-ring (bicyclic) bond motifs is 2. The third kappa shape index (κ3) is 2.90. The summed E-state index contributed by atoms with van der Waals surface area (Å²) in [5.41, 5.74) is 1.86. The molecule has 0 amide bonds. The van der Waals surface area contributed by atoms with Gasteiger partial charge in [0.2, 0.25) is 10.0 Å². The maximum Gasteiger partial charge on any atom is 0.328 e. The molecule has 0 aliphatic carbocycles. The lowest BCUT2D eigenvalue weighted by atomic mass is 10.2. The molecule has 1 aliphatic rings. The van der Waals surface area contributed by atoms with E-state index in [1.165, 1.54) is 13.4 Å². The van der Waals surface area contributed by atoms with E-state index < -0.39 is 10.0 Å². The normalized spacial score (nSPS) is 14.8. The van der Waals surface area contributed by atoms with Gasteiger partial charge in [0.05, 0.1) is 28.2 Å². The van der Waals surface area contributed by atoms with Crippen molar-refractivity contribution in [3.8, 4) is 0 Å². The third-order valence-electron chi connectivity index (χ3n) is 5.29. The lowest BCUT2D eigenvalue weighted by molar-refractivity contribution is 0.462. The van der Waals surface area contributed by atoms with Gasteiger partial charge in [-0.05, 0) is 31.0 Å². The minimum Gasteiger partial charge on any atom is -0.335 e. The summed E-state index contributed by atoms with van der Waals surface area (Å²) in [7, 11) is 1.18. The number of rotatable bonds is 4. The van der Waals surface area contributed by atoms with Crippen molar-refractivity contribution in [2.75, 3.05) is 7.05 Å². The Labute approximate surface area is 157 Å². The smallest absolute Gasteiger partial charge is 0.328 e. The minimum absolute atomic E-state index is 0.169. The van der Waals surface area contributed by atoms with Gasteiger partial charge in [0.15, 0.2) is 0 Å². The summed E-state index contributed by atoms with van der Waals surface area (Å²) in [6.45, 7) is 1.16. The molecule has 0 spiro atoms. The van der Waals surface area contributed by atoms with E-state index in [9.17, 15) is 13.2 Å². The molecule has 0 saturated carbocycles. The summed E-state index contributed by atoms with van der Waals surface area (Å²) >= 11 is 0. The summed E-state index contributed by atoms with van der Waals surface area (Å²) < 4.78 is 32.4. The zero-order chi connectivity index (χ0) is 19.3. The summed E-state index contributed by atoms with van der Waals surface area (Å²) in [6.07, 6.45) is 5.15. The van der Waals surface area contributed by atoms with Crippen LogP contribution in [0.15, 0.2) is 34.1 Å². The Morgan fingerprint density at radius 1 is 1.15 bits per heavy atom. The number of imidazole rings is 2. The molecule has 1 aliphatic heterocycles. The first-order valence-corrected chi connectivity index (χ1v) is 10.4. The number of aryl methyl sites for hydroxylation is 4. The van der Waals surface area contributed by atoms with Gasteiger partial charge in [-0.15, -0.1) is 0 Å². The third-order valence-corrected chi connectivity index (χ3v) is 7.09. The molecule has 9 heteroatoms. The molecular formula is C18H23N5O3S. The fourth-order valence-electron chi connectivity index (χ4n) is 3.69. The highest BCUT2D eigenvalue weighted by Crippen LogP contribution is 2.22. The van der Waals surface area contributed by atoms with E-state index in [-0.39, 0.29) is 17.1 Å². The van der Waals surface area contributed by atoms with Crippen molar-refractivity contribution in [2.45, 2.75) is 37.2 Å². The summed E-state index contributed by atoms with van der Waals surface area (Å²) in [4.78, 5) is 16.8. The number of benzene rings is 1. The van der Waals surface area contributed by atoms with E-state index in [0.29, 0.717) is 11.0 Å². The van der Waals surface area contributed by atoms with Crippen molar-refractivity contribution in [1.29, 1.82) is 0 Å². The molecule has 3 aromatic rings. The zero-order valence-electron chi connectivity index (χ0n) is 15.7. The van der Waals surface area contributed by atoms with Gasteiger partial charge in [0.25, 0.3) is 0 Å². The van der Waals surface area contributed by atoms with Crippen molar-refractivity contribution in [3.05, 3.63) is 46.4 Å². The van der Waals surface area contributed by atoms with E-state index in [1.807, 2.05) is 6.20 Å². The molecule has 0 N–H and O–H groups in total. The quantitative estimate of drug-likeness (QED) is 0.672. The molecule has 0 saturated heterocycles. The Morgan fingerprint density at radius 2 is 1.89 bits per heavy atom. The van der Waals surface area contributed by atoms with Gasteiger partial charge < -0.3 is 4.57 Å². The van der Waals surface area contributed by atoms with E-state index in [2.05, 4.69) is 9.55 Å². The van der Waals surface area contributed by atoms with Gasteiger partial charge in [-0.25, -0.2) is 18.2 Å².